The maximum atomic E-state index is 13.1. The second kappa shape index (κ2) is 14.5. The van der Waals surface area contributed by atoms with Gasteiger partial charge in [0.2, 0.25) is 5.91 Å². The van der Waals surface area contributed by atoms with Crippen molar-refractivity contribution in [1.29, 1.82) is 0 Å². The summed E-state index contributed by atoms with van der Waals surface area (Å²) in [7, 11) is 0. The number of imidazole rings is 1. The predicted octanol–water partition coefficient (Wildman–Crippen LogP) is 7.30. The van der Waals surface area contributed by atoms with Gasteiger partial charge in [-0.15, -0.1) is 0 Å². The van der Waals surface area contributed by atoms with Gasteiger partial charge in [-0.25, -0.2) is 4.98 Å². The number of carbonyl (C=O) groups is 1. The third-order valence-corrected chi connectivity index (χ3v) is 8.28. The topological polar surface area (TPSA) is 50.6 Å². The lowest BCUT2D eigenvalue weighted by Gasteiger charge is -2.36. The minimum Gasteiger partial charge on any atom is -0.474 e. The van der Waals surface area contributed by atoms with Crippen molar-refractivity contribution in [2.24, 2.45) is 0 Å². The highest BCUT2D eigenvalue weighted by atomic mass is 35.5. The second-order valence-electron chi connectivity index (χ2n) is 10.8. The Morgan fingerprint density at radius 2 is 1.73 bits per heavy atom. The van der Waals surface area contributed by atoms with E-state index in [2.05, 4.69) is 27.7 Å². The molecule has 2 atom stereocenters. The van der Waals surface area contributed by atoms with E-state index < -0.39 is 5.56 Å². The number of hydrogen-bond acceptors (Lipinski definition) is 4. The highest BCUT2D eigenvalue weighted by Gasteiger charge is 2.24. The molecule has 1 saturated heterocycles. The number of hydrogen-bond donors (Lipinski definition) is 0. The summed E-state index contributed by atoms with van der Waals surface area (Å²) < 4.78 is 8.26. The highest BCUT2D eigenvalue weighted by Crippen LogP contribution is 2.25. The van der Waals surface area contributed by atoms with E-state index in [0.717, 1.165) is 67.2 Å². The molecular weight excluding hydrogens is 532 g/mol. The van der Waals surface area contributed by atoms with Crippen molar-refractivity contribution in [2.45, 2.75) is 70.0 Å². The lowest BCUT2D eigenvalue weighted by atomic mass is 9.97. The lowest BCUT2D eigenvalue weighted by molar-refractivity contribution is -0.119. The molecule has 41 heavy (non-hydrogen) atoms. The van der Waals surface area contributed by atoms with Crippen LogP contribution in [0.15, 0.2) is 84.9 Å². The van der Waals surface area contributed by atoms with Crippen molar-refractivity contribution in [1.82, 2.24) is 14.5 Å². The van der Waals surface area contributed by atoms with E-state index in [1.165, 1.54) is 12.8 Å². The predicted molar refractivity (Wildman–Crippen MR) is 168 cm³/mol. The monoisotopic (exact) mass is 572 g/mol. The van der Waals surface area contributed by atoms with Crippen molar-refractivity contribution in [3.05, 3.63) is 90.8 Å². The molecule has 0 bridgehead atoms. The molecule has 2 heterocycles. The molecule has 4 aromatic rings. The van der Waals surface area contributed by atoms with Crippen LogP contribution < -0.4 is 9.64 Å². The van der Waals surface area contributed by atoms with Gasteiger partial charge in [0.25, 0.3) is 0 Å². The summed E-state index contributed by atoms with van der Waals surface area (Å²) in [6.45, 7) is 5.71. The van der Waals surface area contributed by atoms with Gasteiger partial charge in [0.15, 0.2) is 5.56 Å². The standard InChI is InChI=1S/C34H41ClN4O2/c1-2-38(28-15-5-3-6-16-28)34(40)22-21-27-14-11-12-23-37(27)24-13-25-39-31-20-10-9-19-30(31)36-33(39)26-32(35)41-29-17-7-4-8-18-29/h3-10,15-20,27,32H,2,11-14,21-26H2,1H3. The van der Waals surface area contributed by atoms with Crippen LogP contribution in [0.25, 0.3) is 11.0 Å². The number of ether oxygens (including phenoxy) is 1. The van der Waals surface area contributed by atoms with Gasteiger partial charge in [0.1, 0.15) is 11.6 Å². The first-order chi connectivity index (χ1) is 20.1. The first-order valence-corrected chi connectivity index (χ1v) is 15.5. The molecule has 0 aliphatic carbocycles. The zero-order valence-electron chi connectivity index (χ0n) is 24.0. The van der Waals surface area contributed by atoms with E-state index in [0.29, 0.717) is 25.4 Å². The zero-order valence-corrected chi connectivity index (χ0v) is 24.8. The molecule has 1 aliphatic rings. The van der Waals surface area contributed by atoms with Crippen LogP contribution in [0.4, 0.5) is 5.69 Å². The number of aromatic nitrogens is 2. The minimum atomic E-state index is -0.504. The van der Waals surface area contributed by atoms with Crippen molar-refractivity contribution in [2.75, 3.05) is 24.5 Å². The first kappa shape index (κ1) is 29.2. The SMILES string of the molecule is CCN(C(=O)CCC1CCCCN1CCCn1c(CC(Cl)Oc2ccccc2)nc2ccccc21)c1ccccc1. The number of rotatable bonds is 13. The molecule has 6 nitrogen and oxygen atoms in total. The van der Waals surface area contributed by atoms with Gasteiger partial charge in [0, 0.05) is 37.8 Å². The van der Waals surface area contributed by atoms with E-state index in [9.17, 15) is 4.79 Å². The van der Waals surface area contributed by atoms with Crippen LogP contribution in [-0.2, 0) is 17.8 Å². The fourth-order valence-electron chi connectivity index (χ4n) is 6.01. The maximum absolute atomic E-state index is 13.1. The number of likely N-dealkylation sites (tertiary alicyclic amines) is 1. The molecule has 5 rings (SSSR count). The first-order valence-electron chi connectivity index (χ1n) is 15.0. The molecule has 0 spiro atoms. The van der Waals surface area contributed by atoms with Gasteiger partial charge in [-0.2, -0.15) is 0 Å². The molecule has 2 unspecified atom stereocenters. The average molecular weight is 573 g/mol. The van der Waals surface area contributed by atoms with Gasteiger partial charge in [-0.1, -0.05) is 66.6 Å². The molecule has 1 amide bonds. The number of halogens is 1. The minimum absolute atomic E-state index is 0.215. The average Bonchev–Trinajstić information content (AvgIpc) is 3.34. The summed E-state index contributed by atoms with van der Waals surface area (Å²) in [5, 5.41) is 0. The van der Waals surface area contributed by atoms with Crippen molar-refractivity contribution in [3.8, 4) is 5.75 Å². The lowest BCUT2D eigenvalue weighted by Crippen LogP contribution is -2.41. The Kier molecular flexibility index (Phi) is 10.3. The summed E-state index contributed by atoms with van der Waals surface area (Å²) >= 11 is 6.64. The maximum Gasteiger partial charge on any atom is 0.227 e. The molecule has 1 aromatic heterocycles. The summed E-state index contributed by atoms with van der Waals surface area (Å²) in [6.07, 6.45) is 6.64. The Balaban J connectivity index is 1.19. The smallest absolute Gasteiger partial charge is 0.227 e. The summed E-state index contributed by atoms with van der Waals surface area (Å²) in [5.74, 6) is 1.92. The number of aryl methyl sites for hydroxylation is 1. The fourth-order valence-corrected chi connectivity index (χ4v) is 6.25. The molecule has 1 fully saturated rings. The quantitative estimate of drug-likeness (QED) is 0.158. The number of amides is 1. The summed E-state index contributed by atoms with van der Waals surface area (Å²) in [6, 6.07) is 28.4. The van der Waals surface area contributed by atoms with Crippen LogP contribution in [0.1, 0.15) is 51.3 Å². The van der Waals surface area contributed by atoms with Gasteiger partial charge in [-0.3, -0.25) is 4.79 Å². The van der Waals surface area contributed by atoms with Gasteiger partial charge in [0.05, 0.1) is 17.5 Å². The molecule has 3 aromatic carbocycles. The van der Waals surface area contributed by atoms with Crippen molar-refractivity contribution < 1.29 is 9.53 Å². The molecule has 0 N–H and O–H groups in total. The van der Waals surface area contributed by atoms with Crippen LogP contribution in [0.3, 0.4) is 0 Å². The van der Waals surface area contributed by atoms with Crippen LogP contribution in [0.2, 0.25) is 0 Å². The third-order valence-electron chi connectivity index (χ3n) is 8.04. The highest BCUT2D eigenvalue weighted by molar-refractivity contribution is 6.20. The number of anilines is 1. The Morgan fingerprint density at radius 1 is 1.00 bits per heavy atom. The zero-order chi connectivity index (χ0) is 28.4. The number of carbonyl (C=O) groups excluding carboxylic acids is 1. The van der Waals surface area contributed by atoms with Crippen LogP contribution >= 0.6 is 11.6 Å². The normalized spacial score (nSPS) is 16.5. The molecule has 1 aliphatic heterocycles. The Bertz CT molecular complexity index is 1380. The summed E-state index contributed by atoms with van der Waals surface area (Å²) in [4.78, 5) is 22.6. The van der Waals surface area contributed by atoms with Gasteiger partial charge >= 0.3 is 0 Å². The van der Waals surface area contributed by atoms with Crippen molar-refractivity contribution in [3.63, 3.8) is 0 Å². The second-order valence-corrected chi connectivity index (χ2v) is 11.3. The van der Waals surface area contributed by atoms with E-state index in [4.69, 9.17) is 21.3 Å². The Hall–Kier alpha value is -3.35. The van der Waals surface area contributed by atoms with E-state index in [1.807, 2.05) is 78.6 Å². The van der Waals surface area contributed by atoms with Crippen LogP contribution in [-0.4, -0.2) is 51.6 Å². The van der Waals surface area contributed by atoms with E-state index in [-0.39, 0.29) is 5.91 Å². The molecule has 216 valence electrons. The van der Waals surface area contributed by atoms with E-state index >= 15 is 0 Å². The number of nitrogens with zero attached hydrogens (tertiary/aromatic N) is 4. The number of fused-ring (bicyclic) bond motifs is 1. The van der Waals surface area contributed by atoms with Crippen molar-refractivity contribution >= 4 is 34.2 Å². The fraction of sp³-hybridized carbons (Fsp3) is 0.412. The molecular formula is C34H41ClN4O2. The van der Waals surface area contributed by atoms with Crippen LogP contribution in [0.5, 0.6) is 5.75 Å². The Morgan fingerprint density at radius 3 is 2.51 bits per heavy atom. The van der Waals surface area contributed by atoms with E-state index in [1.54, 1.807) is 0 Å². The number of para-hydroxylation sites is 4. The van der Waals surface area contributed by atoms with Crippen LogP contribution in [0, 0.1) is 0 Å². The number of benzene rings is 3. The molecule has 7 heteroatoms. The number of alkyl halides is 1. The third kappa shape index (κ3) is 7.69. The van der Waals surface area contributed by atoms with Gasteiger partial charge in [-0.05, 0) is 75.5 Å². The Labute approximate surface area is 248 Å². The number of piperidine rings is 1. The molecule has 0 radical (unpaired) electrons. The van der Waals surface area contributed by atoms with Gasteiger partial charge < -0.3 is 19.1 Å². The molecule has 0 saturated carbocycles. The largest absolute Gasteiger partial charge is 0.474 e. The summed E-state index contributed by atoms with van der Waals surface area (Å²) in [5.41, 5.74) is 2.60.